The molecule has 0 amide bonds. The van der Waals surface area contributed by atoms with Crippen LogP contribution >= 0.6 is 0 Å². The summed E-state index contributed by atoms with van der Waals surface area (Å²) in [5, 5.41) is 10.6. The van der Waals surface area contributed by atoms with Gasteiger partial charge in [0.25, 0.3) is 0 Å². The summed E-state index contributed by atoms with van der Waals surface area (Å²) in [6.45, 7) is 0. The third-order valence-electron chi connectivity index (χ3n) is 4.06. The van der Waals surface area contributed by atoms with Gasteiger partial charge >= 0.3 is 0 Å². The van der Waals surface area contributed by atoms with E-state index >= 15 is 0 Å². The van der Waals surface area contributed by atoms with Crippen LogP contribution in [0.4, 0.5) is 0 Å². The number of hydrogen-bond donors (Lipinski definition) is 1. The van der Waals surface area contributed by atoms with Crippen LogP contribution < -0.4 is 0 Å². The molecule has 0 radical (unpaired) electrons. The van der Waals surface area contributed by atoms with Crippen molar-refractivity contribution in [3.63, 3.8) is 0 Å². The molecule has 1 aliphatic carbocycles. The summed E-state index contributed by atoms with van der Waals surface area (Å²) in [7, 11) is 0. The summed E-state index contributed by atoms with van der Waals surface area (Å²) in [6.07, 6.45) is 7.56. The molecular formula is C17H19NO. The van der Waals surface area contributed by atoms with E-state index in [2.05, 4.69) is 29.2 Å². The van der Waals surface area contributed by atoms with Gasteiger partial charge in [0.2, 0.25) is 0 Å². The van der Waals surface area contributed by atoms with Crippen LogP contribution in [0.15, 0.2) is 48.8 Å². The normalized spacial score (nSPS) is 22.6. The van der Waals surface area contributed by atoms with E-state index in [1.807, 2.05) is 18.3 Å². The maximum Gasteiger partial charge on any atom is 0.0824 e. The molecule has 3 rings (SSSR count). The second-order valence-corrected chi connectivity index (χ2v) is 5.36. The molecule has 98 valence electrons. The largest absolute Gasteiger partial charge is 0.388 e. The maximum absolute atomic E-state index is 10.6. The van der Waals surface area contributed by atoms with E-state index < -0.39 is 0 Å². The van der Waals surface area contributed by atoms with E-state index in [1.54, 1.807) is 6.20 Å². The number of rotatable bonds is 2. The van der Waals surface area contributed by atoms with E-state index in [1.165, 1.54) is 11.1 Å². The number of aliphatic hydroxyl groups excluding tert-OH is 1. The number of aromatic nitrogens is 1. The minimum Gasteiger partial charge on any atom is -0.388 e. The standard InChI is InChI=1S/C17H19NO/c19-17-15(11-13-5-4-10-18-12-13)8-3-7-14-6-1-2-9-16(14)17/h1-2,4-6,9-10,12,15,17,19H,3,7-8,11H2. The Bertz CT molecular complexity index is 538. The van der Waals surface area contributed by atoms with E-state index in [4.69, 9.17) is 0 Å². The highest BCUT2D eigenvalue weighted by atomic mass is 16.3. The first-order valence-electron chi connectivity index (χ1n) is 6.99. The van der Waals surface area contributed by atoms with Crippen molar-refractivity contribution in [3.05, 3.63) is 65.5 Å². The molecule has 0 saturated heterocycles. The van der Waals surface area contributed by atoms with Gasteiger partial charge in [-0.05, 0) is 54.4 Å². The van der Waals surface area contributed by atoms with Crippen LogP contribution in [0.5, 0.6) is 0 Å². The van der Waals surface area contributed by atoms with Crippen molar-refractivity contribution in [2.24, 2.45) is 5.92 Å². The first-order valence-corrected chi connectivity index (χ1v) is 6.99. The minimum atomic E-state index is -0.348. The van der Waals surface area contributed by atoms with E-state index in [9.17, 15) is 5.11 Å². The van der Waals surface area contributed by atoms with Crippen LogP contribution in [-0.2, 0) is 12.8 Å². The average Bonchev–Trinajstić information content (AvgIpc) is 2.61. The van der Waals surface area contributed by atoms with E-state index in [-0.39, 0.29) is 6.10 Å². The molecular weight excluding hydrogens is 234 g/mol. The monoisotopic (exact) mass is 253 g/mol. The highest BCUT2D eigenvalue weighted by Crippen LogP contribution is 2.34. The fourth-order valence-electron chi connectivity index (χ4n) is 3.05. The number of aliphatic hydroxyl groups is 1. The zero-order valence-electron chi connectivity index (χ0n) is 11.0. The van der Waals surface area contributed by atoms with Crippen molar-refractivity contribution in [2.45, 2.75) is 31.8 Å². The highest BCUT2D eigenvalue weighted by molar-refractivity contribution is 5.31. The predicted octanol–water partition coefficient (Wildman–Crippen LogP) is 3.31. The van der Waals surface area contributed by atoms with Gasteiger partial charge in [-0.25, -0.2) is 0 Å². The maximum atomic E-state index is 10.6. The number of benzene rings is 1. The number of fused-ring (bicyclic) bond motifs is 1. The summed E-state index contributed by atoms with van der Waals surface area (Å²) >= 11 is 0. The van der Waals surface area contributed by atoms with E-state index in [0.29, 0.717) is 5.92 Å². The fourth-order valence-corrected chi connectivity index (χ4v) is 3.05. The van der Waals surface area contributed by atoms with Crippen LogP contribution in [0, 0.1) is 5.92 Å². The second kappa shape index (κ2) is 5.54. The molecule has 1 heterocycles. The molecule has 0 bridgehead atoms. The first-order chi connectivity index (χ1) is 9.34. The molecule has 1 aromatic carbocycles. The van der Waals surface area contributed by atoms with Gasteiger partial charge in [-0.3, -0.25) is 4.98 Å². The molecule has 2 atom stereocenters. The Morgan fingerprint density at radius 1 is 1.16 bits per heavy atom. The Hall–Kier alpha value is -1.67. The van der Waals surface area contributed by atoms with Crippen LogP contribution in [0.1, 0.15) is 35.6 Å². The molecule has 2 heteroatoms. The molecule has 0 saturated carbocycles. The minimum absolute atomic E-state index is 0.299. The molecule has 1 aromatic heterocycles. The van der Waals surface area contributed by atoms with Crippen LogP contribution in [0.3, 0.4) is 0 Å². The summed E-state index contributed by atoms with van der Waals surface area (Å²) in [5.74, 6) is 0.299. The molecule has 19 heavy (non-hydrogen) atoms. The van der Waals surface area contributed by atoms with Crippen LogP contribution in [0.2, 0.25) is 0 Å². The Labute approximate surface area is 114 Å². The number of pyridine rings is 1. The predicted molar refractivity (Wildman–Crippen MR) is 75.8 cm³/mol. The van der Waals surface area contributed by atoms with Gasteiger partial charge in [-0.15, -0.1) is 0 Å². The lowest BCUT2D eigenvalue weighted by Crippen LogP contribution is -2.14. The lowest BCUT2D eigenvalue weighted by Gasteiger charge is -2.21. The first kappa shape index (κ1) is 12.4. The van der Waals surface area contributed by atoms with Crippen molar-refractivity contribution >= 4 is 0 Å². The van der Waals surface area contributed by atoms with Gasteiger partial charge in [0.05, 0.1) is 6.10 Å². The van der Waals surface area contributed by atoms with Crippen LogP contribution in [-0.4, -0.2) is 10.1 Å². The molecule has 0 fully saturated rings. The summed E-state index contributed by atoms with van der Waals surface area (Å²) < 4.78 is 0. The lowest BCUT2D eigenvalue weighted by molar-refractivity contribution is 0.105. The SMILES string of the molecule is OC1c2ccccc2CCCC1Cc1cccnc1. The highest BCUT2D eigenvalue weighted by Gasteiger charge is 2.25. The zero-order chi connectivity index (χ0) is 13.1. The van der Waals surface area contributed by atoms with Crippen molar-refractivity contribution < 1.29 is 5.11 Å². The van der Waals surface area contributed by atoms with Crippen LogP contribution in [0.25, 0.3) is 0 Å². The Morgan fingerprint density at radius 3 is 2.89 bits per heavy atom. The van der Waals surface area contributed by atoms with Crippen molar-refractivity contribution in [3.8, 4) is 0 Å². The zero-order valence-corrected chi connectivity index (χ0v) is 11.0. The van der Waals surface area contributed by atoms with Gasteiger partial charge in [0.1, 0.15) is 0 Å². The van der Waals surface area contributed by atoms with Crippen molar-refractivity contribution in [1.29, 1.82) is 0 Å². The average molecular weight is 253 g/mol. The number of hydrogen-bond acceptors (Lipinski definition) is 2. The van der Waals surface area contributed by atoms with Gasteiger partial charge in [0, 0.05) is 12.4 Å². The molecule has 1 aliphatic rings. The molecule has 2 aromatic rings. The lowest BCUT2D eigenvalue weighted by atomic mass is 9.88. The molecule has 2 unspecified atom stereocenters. The molecule has 2 nitrogen and oxygen atoms in total. The van der Waals surface area contributed by atoms with Gasteiger partial charge in [-0.1, -0.05) is 30.3 Å². The topological polar surface area (TPSA) is 33.1 Å². The molecule has 0 aliphatic heterocycles. The number of aryl methyl sites for hydroxylation is 1. The van der Waals surface area contributed by atoms with Gasteiger partial charge in [-0.2, -0.15) is 0 Å². The Kier molecular flexibility index (Phi) is 3.60. The van der Waals surface area contributed by atoms with Crippen molar-refractivity contribution in [2.75, 3.05) is 0 Å². The van der Waals surface area contributed by atoms with E-state index in [0.717, 1.165) is 31.2 Å². The summed E-state index contributed by atoms with van der Waals surface area (Å²) in [5.41, 5.74) is 3.64. The Morgan fingerprint density at radius 2 is 2.05 bits per heavy atom. The smallest absolute Gasteiger partial charge is 0.0824 e. The molecule has 0 spiro atoms. The molecule has 1 N–H and O–H groups in total. The fraction of sp³-hybridized carbons (Fsp3) is 0.353. The summed E-state index contributed by atoms with van der Waals surface area (Å²) in [6, 6.07) is 12.4. The Balaban J connectivity index is 1.84. The third-order valence-corrected chi connectivity index (χ3v) is 4.06. The second-order valence-electron chi connectivity index (χ2n) is 5.36. The number of nitrogens with zero attached hydrogens (tertiary/aromatic N) is 1. The summed E-state index contributed by atoms with van der Waals surface area (Å²) in [4.78, 5) is 4.16. The van der Waals surface area contributed by atoms with Crippen molar-refractivity contribution in [1.82, 2.24) is 4.98 Å². The van der Waals surface area contributed by atoms with Gasteiger partial charge < -0.3 is 5.11 Å². The van der Waals surface area contributed by atoms with Gasteiger partial charge in [0.15, 0.2) is 0 Å². The third kappa shape index (κ3) is 2.69. The quantitative estimate of drug-likeness (QED) is 0.833.